The second-order valence-electron chi connectivity index (χ2n) is 11.7. The molecule has 8 rings (SSSR count). The summed E-state index contributed by atoms with van der Waals surface area (Å²) >= 11 is 1.58. The van der Waals surface area contributed by atoms with E-state index in [1.807, 2.05) is 29.3 Å². The van der Waals surface area contributed by atoms with E-state index in [4.69, 9.17) is 19.1 Å². The number of carbonyl (C=O) groups excluding carboxylic acids is 1. The maximum absolute atomic E-state index is 14.0. The molecule has 0 spiro atoms. The number of amides is 1. The van der Waals surface area contributed by atoms with Gasteiger partial charge < -0.3 is 19.4 Å². The molecule has 0 saturated carbocycles. The number of thiophene rings is 1. The molecule has 4 aromatic heterocycles. The highest BCUT2D eigenvalue weighted by atomic mass is 32.1. The SMILES string of the molecule is COc1cccc2c1CC[C@@H]2Nc1nccc2cc(-c3c4c(nc(C(C)C)c3-c3n[nH]c(=O)o3)[C@@H]3CCCN3C4=O)sc12. The summed E-state index contributed by atoms with van der Waals surface area (Å²) in [7, 11) is 1.71. The van der Waals surface area contributed by atoms with Crippen LogP contribution in [0.3, 0.4) is 0 Å². The molecule has 1 aliphatic carbocycles. The van der Waals surface area contributed by atoms with Gasteiger partial charge in [0.2, 0.25) is 0 Å². The number of hydrogen-bond donors (Lipinski definition) is 2. The summed E-state index contributed by atoms with van der Waals surface area (Å²) in [5.74, 6) is 1.18. The normalized spacial score (nSPS) is 18.9. The number of methoxy groups -OCH3 is 1. The van der Waals surface area contributed by atoms with Crippen LogP contribution in [0.15, 0.2) is 45.7 Å². The zero-order valence-corrected chi connectivity index (χ0v) is 24.9. The molecule has 43 heavy (non-hydrogen) atoms. The van der Waals surface area contributed by atoms with Crippen LogP contribution in [0.5, 0.6) is 5.75 Å². The van der Waals surface area contributed by atoms with Crippen LogP contribution in [0.4, 0.5) is 5.82 Å². The zero-order chi connectivity index (χ0) is 29.4. The first kappa shape index (κ1) is 26.1. The van der Waals surface area contributed by atoms with Crippen molar-refractivity contribution in [2.75, 3.05) is 19.0 Å². The molecule has 2 atom stereocenters. The lowest BCUT2D eigenvalue weighted by molar-refractivity contribution is 0.0776. The summed E-state index contributed by atoms with van der Waals surface area (Å²) in [4.78, 5) is 38.7. The lowest BCUT2D eigenvalue weighted by Gasteiger charge is -2.17. The molecule has 5 aromatic rings. The van der Waals surface area contributed by atoms with Crippen molar-refractivity contribution in [3.05, 3.63) is 75.2 Å². The third-order valence-electron chi connectivity index (χ3n) is 8.93. The van der Waals surface area contributed by atoms with E-state index in [2.05, 4.69) is 41.5 Å². The predicted octanol–water partition coefficient (Wildman–Crippen LogP) is 6.22. The standard InChI is InChI=1S/C32H30N6O4S/c1-15(2)26-24(30-36-37-32(40)42-30)23(25-27(35-26)20-7-5-13-38(20)31(25)39)22-14-16-11-12-33-29(28(16)43-22)34-19-10-9-18-17(19)6-4-8-21(18)41-3/h4,6,8,11-12,14-15,19-20H,5,7,9-10,13H2,1-3H3,(H,33,34)(H,37,40)/t19-,20-/m0/s1. The van der Waals surface area contributed by atoms with E-state index in [1.165, 1.54) is 11.1 Å². The molecule has 1 saturated heterocycles. The fourth-order valence-corrected chi connectivity index (χ4v) is 8.22. The van der Waals surface area contributed by atoms with Gasteiger partial charge in [-0.25, -0.2) is 14.9 Å². The number of nitrogens with zero attached hydrogens (tertiary/aromatic N) is 4. The van der Waals surface area contributed by atoms with Crippen LogP contribution in [0.25, 0.3) is 32.0 Å². The van der Waals surface area contributed by atoms with Crippen molar-refractivity contribution in [2.45, 2.75) is 57.5 Å². The van der Waals surface area contributed by atoms with Crippen LogP contribution in [0.1, 0.15) is 84.0 Å². The molecule has 6 heterocycles. The number of carbonyl (C=O) groups is 1. The number of H-pyrrole nitrogens is 1. The average Bonchev–Trinajstić information content (AvgIpc) is 3.83. The Kier molecular flexibility index (Phi) is 5.94. The largest absolute Gasteiger partial charge is 0.496 e. The number of ether oxygens (including phenoxy) is 1. The number of nitrogens with one attached hydrogen (secondary N) is 2. The van der Waals surface area contributed by atoms with Gasteiger partial charge in [-0.15, -0.1) is 16.4 Å². The van der Waals surface area contributed by atoms with Crippen LogP contribution >= 0.6 is 11.3 Å². The molecule has 1 fully saturated rings. The highest BCUT2D eigenvalue weighted by molar-refractivity contribution is 7.23. The number of pyridine rings is 2. The summed E-state index contributed by atoms with van der Waals surface area (Å²) in [5.41, 5.74) is 5.94. The van der Waals surface area contributed by atoms with Crippen molar-refractivity contribution >= 4 is 33.1 Å². The highest BCUT2D eigenvalue weighted by Crippen LogP contribution is 2.51. The van der Waals surface area contributed by atoms with Crippen LogP contribution in [-0.4, -0.2) is 44.6 Å². The fraction of sp³-hybridized carbons (Fsp3) is 0.344. The van der Waals surface area contributed by atoms with E-state index in [9.17, 15) is 9.59 Å². The molecule has 3 aliphatic rings. The van der Waals surface area contributed by atoms with Crippen molar-refractivity contribution in [3.63, 3.8) is 0 Å². The molecular formula is C32H30N6O4S. The lowest BCUT2D eigenvalue weighted by atomic mass is 9.91. The van der Waals surface area contributed by atoms with E-state index >= 15 is 0 Å². The summed E-state index contributed by atoms with van der Waals surface area (Å²) in [6, 6.07) is 10.4. The summed E-state index contributed by atoms with van der Waals surface area (Å²) < 4.78 is 12.1. The first-order valence-corrected chi connectivity index (χ1v) is 15.5. The van der Waals surface area contributed by atoms with Crippen molar-refractivity contribution in [2.24, 2.45) is 0 Å². The van der Waals surface area contributed by atoms with Gasteiger partial charge in [-0.2, -0.15) is 0 Å². The second kappa shape index (κ2) is 9.77. The number of rotatable bonds is 6. The zero-order valence-electron chi connectivity index (χ0n) is 24.1. The quantitative estimate of drug-likeness (QED) is 0.237. The highest BCUT2D eigenvalue weighted by Gasteiger charge is 2.45. The molecule has 2 N–H and O–H groups in total. The van der Waals surface area contributed by atoms with Crippen molar-refractivity contribution in [1.82, 2.24) is 25.1 Å². The van der Waals surface area contributed by atoms with E-state index in [-0.39, 0.29) is 29.8 Å². The second-order valence-corrected chi connectivity index (χ2v) is 12.7. The average molecular weight is 595 g/mol. The first-order valence-electron chi connectivity index (χ1n) is 14.7. The van der Waals surface area contributed by atoms with Gasteiger partial charge >= 0.3 is 5.76 Å². The maximum atomic E-state index is 14.0. The minimum absolute atomic E-state index is 0.000643. The van der Waals surface area contributed by atoms with Gasteiger partial charge in [0.05, 0.1) is 46.4 Å². The first-order chi connectivity index (χ1) is 20.9. The third-order valence-corrected chi connectivity index (χ3v) is 10.1. The van der Waals surface area contributed by atoms with Crippen LogP contribution in [0.2, 0.25) is 0 Å². The molecule has 0 radical (unpaired) electrons. The molecule has 10 nitrogen and oxygen atoms in total. The number of hydrogen-bond acceptors (Lipinski definition) is 9. The molecule has 11 heteroatoms. The molecule has 1 amide bonds. The Morgan fingerprint density at radius 2 is 2.05 bits per heavy atom. The van der Waals surface area contributed by atoms with Crippen molar-refractivity contribution in [1.29, 1.82) is 0 Å². The van der Waals surface area contributed by atoms with Crippen molar-refractivity contribution in [3.8, 4) is 27.6 Å². The summed E-state index contributed by atoms with van der Waals surface area (Å²) in [6.45, 7) is 4.82. The molecule has 218 valence electrons. The van der Waals surface area contributed by atoms with Gasteiger partial charge in [0.25, 0.3) is 11.8 Å². The van der Waals surface area contributed by atoms with E-state index < -0.39 is 5.76 Å². The Hall–Kier alpha value is -4.51. The number of fused-ring (bicyclic) bond motifs is 5. The van der Waals surface area contributed by atoms with Gasteiger partial charge in [-0.1, -0.05) is 26.0 Å². The van der Waals surface area contributed by atoms with Crippen LogP contribution < -0.4 is 15.8 Å². The topological polar surface area (TPSA) is 126 Å². The molecule has 0 unspecified atom stereocenters. The number of anilines is 1. The van der Waals surface area contributed by atoms with Crippen LogP contribution in [0, 0.1) is 0 Å². The minimum Gasteiger partial charge on any atom is -0.496 e. The van der Waals surface area contributed by atoms with Gasteiger partial charge in [0.1, 0.15) is 11.6 Å². The van der Waals surface area contributed by atoms with E-state index in [0.29, 0.717) is 17.7 Å². The number of benzene rings is 1. The van der Waals surface area contributed by atoms with Gasteiger partial charge in [-0.05, 0) is 66.3 Å². The van der Waals surface area contributed by atoms with E-state index in [1.54, 1.807) is 18.4 Å². The molecule has 1 aromatic carbocycles. The number of aromatic amines is 1. The summed E-state index contributed by atoms with van der Waals surface area (Å²) in [6.07, 6.45) is 5.53. The molecule has 0 bridgehead atoms. The van der Waals surface area contributed by atoms with Gasteiger partial charge in [0.15, 0.2) is 0 Å². The fourth-order valence-electron chi connectivity index (χ4n) is 7.05. The number of aromatic nitrogens is 4. The van der Waals surface area contributed by atoms with Gasteiger partial charge in [0, 0.05) is 23.2 Å². The smallest absolute Gasteiger partial charge is 0.434 e. The maximum Gasteiger partial charge on any atom is 0.434 e. The molecule has 2 aliphatic heterocycles. The lowest BCUT2D eigenvalue weighted by Crippen LogP contribution is -2.22. The third kappa shape index (κ3) is 3.94. The summed E-state index contributed by atoms with van der Waals surface area (Å²) in [5, 5.41) is 11.3. The Bertz CT molecular complexity index is 1990. The Morgan fingerprint density at radius 1 is 1.16 bits per heavy atom. The molecular weight excluding hydrogens is 564 g/mol. The van der Waals surface area contributed by atoms with E-state index in [0.717, 1.165) is 69.2 Å². The minimum atomic E-state index is -0.649. The Balaban J connectivity index is 1.32. The predicted molar refractivity (Wildman–Crippen MR) is 164 cm³/mol. The van der Waals surface area contributed by atoms with Crippen molar-refractivity contribution < 1.29 is 13.9 Å². The Labute approximate surface area is 251 Å². The Morgan fingerprint density at radius 3 is 2.84 bits per heavy atom. The van der Waals surface area contributed by atoms with Gasteiger partial charge in [-0.3, -0.25) is 9.78 Å². The van der Waals surface area contributed by atoms with Crippen LogP contribution in [-0.2, 0) is 6.42 Å². The monoisotopic (exact) mass is 594 g/mol.